The lowest BCUT2D eigenvalue weighted by atomic mass is 9.44. The number of quaternary nitrogens is 1. The monoisotopic (exact) mass is 669 g/mol. The molecule has 4 rings (SSSR count). The zero-order chi connectivity index (χ0) is 33.9. The summed E-state index contributed by atoms with van der Waals surface area (Å²) in [6, 6.07) is 0. The Morgan fingerprint density at radius 1 is 0.935 bits per heavy atom. The molecule has 1 unspecified atom stereocenters. The molecule has 4 fully saturated rings. The average molecular weight is 670 g/mol. The molecule has 4 saturated carbocycles. The summed E-state index contributed by atoms with van der Waals surface area (Å²) in [4.78, 5) is 22.5. The molecule has 0 heterocycles. The van der Waals surface area contributed by atoms with Crippen LogP contribution >= 0.6 is 7.82 Å². The molecule has 0 aromatic rings. The van der Waals surface area contributed by atoms with E-state index < -0.39 is 13.9 Å². The first-order valence-corrected chi connectivity index (χ1v) is 20.4. The molecular formula is C37H70N2O6P+. The largest absolute Gasteiger partial charge is 0.472 e. The van der Waals surface area contributed by atoms with Crippen molar-refractivity contribution in [2.45, 2.75) is 125 Å². The van der Waals surface area contributed by atoms with E-state index in [0.29, 0.717) is 27.8 Å². The van der Waals surface area contributed by atoms with E-state index in [1.165, 1.54) is 57.8 Å². The van der Waals surface area contributed by atoms with Crippen LogP contribution in [-0.4, -0.2) is 69.0 Å². The van der Waals surface area contributed by atoms with Gasteiger partial charge in [0.05, 0.1) is 27.7 Å². The van der Waals surface area contributed by atoms with Crippen LogP contribution in [0.5, 0.6) is 0 Å². The van der Waals surface area contributed by atoms with E-state index >= 15 is 0 Å². The van der Waals surface area contributed by atoms with Crippen LogP contribution in [0.3, 0.4) is 0 Å². The maximum absolute atomic E-state index is 12.6. The highest BCUT2D eigenvalue weighted by Crippen LogP contribution is 2.68. The van der Waals surface area contributed by atoms with Crippen molar-refractivity contribution in [3.63, 3.8) is 0 Å². The Hall–Kier alpha value is -0.660. The highest BCUT2D eigenvalue weighted by Gasteiger charge is 2.60. The number of ether oxygens (including phenoxy) is 1. The molecule has 11 atom stereocenters. The quantitative estimate of drug-likeness (QED) is 0.103. The van der Waals surface area contributed by atoms with E-state index in [9.17, 15) is 14.3 Å². The molecule has 268 valence electrons. The Morgan fingerprint density at radius 3 is 2.28 bits per heavy atom. The Morgan fingerprint density at radius 2 is 1.61 bits per heavy atom. The van der Waals surface area contributed by atoms with Gasteiger partial charge in [-0.2, -0.15) is 0 Å². The summed E-state index contributed by atoms with van der Waals surface area (Å²) in [6.07, 6.45) is 14.8. The van der Waals surface area contributed by atoms with Gasteiger partial charge in [-0.1, -0.05) is 54.4 Å². The van der Waals surface area contributed by atoms with Gasteiger partial charge in [-0.15, -0.1) is 0 Å². The second kappa shape index (κ2) is 15.5. The van der Waals surface area contributed by atoms with E-state index in [1.807, 2.05) is 21.1 Å². The van der Waals surface area contributed by atoms with Crippen molar-refractivity contribution >= 4 is 13.9 Å². The second-order valence-electron chi connectivity index (χ2n) is 17.7. The molecule has 4 aliphatic carbocycles. The maximum atomic E-state index is 12.6. The molecule has 0 spiro atoms. The molecule has 0 saturated heterocycles. The van der Waals surface area contributed by atoms with Crippen LogP contribution < -0.4 is 5.32 Å². The highest BCUT2D eigenvalue weighted by atomic mass is 31.2. The van der Waals surface area contributed by atoms with Crippen LogP contribution in [0.15, 0.2) is 0 Å². The number of rotatable bonds is 15. The fourth-order valence-electron chi connectivity index (χ4n) is 11.0. The molecule has 0 aliphatic heterocycles. The summed E-state index contributed by atoms with van der Waals surface area (Å²) in [5.41, 5.74) is 0.852. The summed E-state index contributed by atoms with van der Waals surface area (Å²) >= 11 is 0. The van der Waals surface area contributed by atoms with E-state index in [1.54, 1.807) is 0 Å². The molecule has 46 heavy (non-hydrogen) atoms. The summed E-state index contributed by atoms with van der Waals surface area (Å²) in [6.45, 7) is 15.7. The Bertz CT molecular complexity index is 1050. The number of carbonyl (C=O) groups is 1. The fraction of sp³-hybridized carbons (Fsp3) is 0.973. The normalized spacial score (nSPS) is 37.0. The van der Waals surface area contributed by atoms with Crippen LogP contribution in [0.1, 0.15) is 119 Å². The lowest BCUT2D eigenvalue weighted by Crippen LogP contribution is -2.54. The smallest absolute Gasteiger partial charge is 0.446 e. The number of alkyl carbamates (subject to hydrolysis) is 1. The van der Waals surface area contributed by atoms with Crippen molar-refractivity contribution in [1.82, 2.24) is 5.32 Å². The number of hydrogen-bond donors (Lipinski definition) is 2. The van der Waals surface area contributed by atoms with Gasteiger partial charge in [0.15, 0.2) is 0 Å². The first-order valence-electron chi connectivity index (χ1n) is 18.9. The number of phosphoric ester groups is 1. The standard InChI is InChI=1S/C37H69N2O6P/c1-10-28(26(2)3)12-11-27(4)32-15-16-33-31-14-13-29-25-30(17-19-36(29,5)34(31)18-20-37(32,33)6)45-35(40)38-21-23-43-46(41,42)44-24-22-39(7,8)9/h26-34H,10-25H2,1-9H3,(H-,38,40,41,42)/p+1/t27-,28-,29+,30+,31+,32-,33+,34+,36+,37-/m1/s1. The molecular weight excluding hydrogens is 599 g/mol. The number of nitrogens with zero attached hydrogens (tertiary/aromatic N) is 1. The van der Waals surface area contributed by atoms with Crippen molar-refractivity contribution in [3.05, 3.63) is 0 Å². The van der Waals surface area contributed by atoms with E-state index in [-0.39, 0.29) is 25.9 Å². The van der Waals surface area contributed by atoms with Crippen LogP contribution in [0.4, 0.5) is 4.79 Å². The van der Waals surface area contributed by atoms with Gasteiger partial charge in [0.1, 0.15) is 19.3 Å². The van der Waals surface area contributed by atoms with Gasteiger partial charge in [0.25, 0.3) is 0 Å². The van der Waals surface area contributed by atoms with Crippen LogP contribution in [0.2, 0.25) is 0 Å². The number of hydrogen-bond acceptors (Lipinski definition) is 5. The Labute approximate surface area is 281 Å². The first kappa shape index (κ1) is 38.1. The zero-order valence-corrected chi connectivity index (χ0v) is 31.8. The fourth-order valence-corrected chi connectivity index (χ4v) is 11.7. The number of amides is 1. The van der Waals surface area contributed by atoms with E-state index in [0.717, 1.165) is 60.7 Å². The van der Waals surface area contributed by atoms with Gasteiger partial charge in [-0.3, -0.25) is 9.05 Å². The SMILES string of the molecule is CC[C@H](CC[C@@H](C)[C@H]1CC[C@H]2[C@@H]3CC[C@H]4C[C@@H](OC(=O)NCCOP(=O)(O)OCC[N+](C)(C)C)CC[C@]4(C)[C@H]3CC[C@]12C)C(C)C. The summed E-state index contributed by atoms with van der Waals surface area (Å²) < 4.78 is 28.6. The van der Waals surface area contributed by atoms with Crippen molar-refractivity contribution in [1.29, 1.82) is 0 Å². The predicted molar refractivity (Wildman–Crippen MR) is 185 cm³/mol. The molecule has 0 aromatic carbocycles. The molecule has 1 amide bonds. The first-order chi connectivity index (χ1) is 21.5. The van der Waals surface area contributed by atoms with Gasteiger partial charge >= 0.3 is 13.9 Å². The molecule has 2 N–H and O–H groups in total. The third-order valence-electron chi connectivity index (χ3n) is 13.8. The number of nitrogens with one attached hydrogen (secondary N) is 1. The molecule has 8 nitrogen and oxygen atoms in total. The van der Waals surface area contributed by atoms with Crippen molar-refractivity contribution in [2.24, 2.45) is 58.2 Å². The van der Waals surface area contributed by atoms with Gasteiger partial charge in [-0.05, 0) is 122 Å². The maximum Gasteiger partial charge on any atom is 0.472 e. The van der Waals surface area contributed by atoms with E-state index in [4.69, 9.17) is 13.8 Å². The lowest BCUT2D eigenvalue weighted by Gasteiger charge is -2.61. The molecule has 9 heteroatoms. The molecule has 4 aliphatic rings. The Balaban J connectivity index is 1.23. The Kier molecular flexibility index (Phi) is 12.8. The number of phosphoric acid groups is 1. The average Bonchev–Trinajstić information content (AvgIpc) is 3.32. The highest BCUT2D eigenvalue weighted by molar-refractivity contribution is 7.47. The predicted octanol–water partition coefficient (Wildman–Crippen LogP) is 8.68. The third-order valence-corrected chi connectivity index (χ3v) is 14.8. The van der Waals surface area contributed by atoms with Crippen molar-refractivity contribution in [3.8, 4) is 0 Å². The molecule has 0 bridgehead atoms. The van der Waals surface area contributed by atoms with Crippen LogP contribution in [-0.2, 0) is 18.3 Å². The van der Waals surface area contributed by atoms with Crippen molar-refractivity contribution in [2.75, 3.05) is 47.4 Å². The van der Waals surface area contributed by atoms with Gasteiger partial charge in [0.2, 0.25) is 0 Å². The van der Waals surface area contributed by atoms with Gasteiger partial charge in [-0.25, -0.2) is 9.36 Å². The second-order valence-corrected chi connectivity index (χ2v) is 19.2. The van der Waals surface area contributed by atoms with Crippen LogP contribution in [0, 0.1) is 58.2 Å². The topological polar surface area (TPSA) is 94.1 Å². The molecule has 0 aromatic heterocycles. The number of carbonyl (C=O) groups excluding carboxylic acids is 1. The summed E-state index contributed by atoms with van der Waals surface area (Å²) in [5, 5.41) is 2.70. The van der Waals surface area contributed by atoms with Crippen molar-refractivity contribution < 1.29 is 32.5 Å². The van der Waals surface area contributed by atoms with Gasteiger partial charge in [0, 0.05) is 6.54 Å². The summed E-state index contributed by atoms with van der Waals surface area (Å²) in [7, 11) is 1.79. The summed E-state index contributed by atoms with van der Waals surface area (Å²) in [5.74, 6) is 6.51. The van der Waals surface area contributed by atoms with E-state index in [2.05, 4.69) is 46.9 Å². The number of likely N-dealkylation sites (N-methyl/N-ethyl adjacent to an activating group) is 1. The molecule has 0 radical (unpaired) electrons. The van der Waals surface area contributed by atoms with Crippen LogP contribution in [0.25, 0.3) is 0 Å². The number of fused-ring (bicyclic) bond motifs is 5. The minimum Gasteiger partial charge on any atom is -0.446 e. The third kappa shape index (κ3) is 9.11. The van der Waals surface area contributed by atoms with Gasteiger partial charge < -0.3 is 19.4 Å². The minimum absolute atomic E-state index is 0.0679. The lowest BCUT2D eigenvalue weighted by molar-refractivity contribution is -0.870. The minimum atomic E-state index is -4.14. The zero-order valence-electron chi connectivity index (χ0n) is 30.9.